The Morgan fingerprint density at radius 3 is 2.64 bits per heavy atom. The van der Waals surface area contributed by atoms with Crippen molar-refractivity contribution in [2.75, 3.05) is 36.5 Å². The van der Waals surface area contributed by atoms with E-state index in [1.807, 2.05) is 41.5 Å². The second kappa shape index (κ2) is 9.79. The topological polar surface area (TPSA) is 81.0 Å². The quantitative estimate of drug-likeness (QED) is 0.455. The van der Waals surface area contributed by atoms with Gasteiger partial charge in [0.2, 0.25) is 5.95 Å². The van der Waals surface area contributed by atoms with Crippen molar-refractivity contribution >= 4 is 17.3 Å². The molecule has 4 aromatic rings. The number of aromatic nitrogens is 5. The van der Waals surface area contributed by atoms with Gasteiger partial charge < -0.3 is 15.0 Å². The zero-order valence-electron chi connectivity index (χ0n) is 18.7. The maximum absolute atomic E-state index is 5.46. The molecule has 3 aromatic heterocycles. The highest BCUT2D eigenvalue weighted by molar-refractivity contribution is 5.68. The molecule has 1 aromatic carbocycles. The molecule has 0 atom stereocenters. The summed E-state index contributed by atoms with van der Waals surface area (Å²) in [5.74, 6) is 0.549. The zero-order chi connectivity index (χ0) is 22.5. The normalized spacial score (nSPS) is 13.8. The van der Waals surface area contributed by atoms with Gasteiger partial charge in [0.1, 0.15) is 0 Å². The summed E-state index contributed by atoms with van der Waals surface area (Å²) in [5.41, 5.74) is 6.04. The fraction of sp³-hybridized carbons (Fsp3) is 0.280. The second-order valence-corrected chi connectivity index (χ2v) is 7.99. The summed E-state index contributed by atoms with van der Waals surface area (Å²) in [6, 6.07) is 12.2. The lowest BCUT2D eigenvalue weighted by atomic mass is 10.1. The first-order valence-corrected chi connectivity index (χ1v) is 11.3. The first-order chi connectivity index (χ1) is 16.3. The fourth-order valence-electron chi connectivity index (χ4n) is 3.88. The number of hydrogen-bond acceptors (Lipinski definition) is 7. The third-order valence-electron chi connectivity index (χ3n) is 5.61. The number of aryl methyl sites for hydroxylation is 1. The summed E-state index contributed by atoms with van der Waals surface area (Å²) < 4.78 is 7.43. The Balaban J connectivity index is 1.30. The highest BCUT2D eigenvalue weighted by atomic mass is 16.5. The van der Waals surface area contributed by atoms with Crippen molar-refractivity contribution in [3.05, 3.63) is 67.4 Å². The molecule has 0 bridgehead atoms. The summed E-state index contributed by atoms with van der Waals surface area (Å²) in [6.07, 6.45) is 10.5. The number of ether oxygens (including phenoxy) is 1. The van der Waals surface area contributed by atoms with Crippen LogP contribution in [0.5, 0.6) is 0 Å². The van der Waals surface area contributed by atoms with Gasteiger partial charge in [-0.3, -0.25) is 9.67 Å². The van der Waals surface area contributed by atoms with Crippen LogP contribution < -0.4 is 10.2 Å². The number of anilines is 3. The molecule has 0 spiro atoms. The van der Waals surface area contributed by atoms with Crippen LogP contribution in [0.15, 0.2) is 67.4 Å². The van der Waals surface area contributed by atoms with E-state index in [9.17, 15) is 0 Å². The van der Waals surface area contributed by atoms with E-state index >= 15 is 0 Å². The first-order valence-electron chi connectivity index (χ1n) is 11.3. The Bertz CT molecular complexity index is 1200. The molecule has 0 saturated carbocycles. The predicted octanol–water partition coefficient (Wildman–Crippen LogP) is 4.39. The number of pyridine rings is 1. The van der Waals surface area contributed by atoms with E-state index in [0.717, 1.165) is 73.0 Å². The van der Waals surface area contributed by atoms with Crippen molar-refractivity contribution in [2.45, 2.75) is 19.9 Å². The van der Waals surface area contributed by atoms with Gasteiger partial charge in [-0.05, 0) is 36.2 Å². The largest absolute Gasteiger partial charge is 0.378 e. The second-order valence-electron chi connectivity index (χ2n) is 7.99. The number of nitrogens with zero attached hydrogens (tertiary/aromatic N) is 6. The smallest absolute Gasteiger partial charge is 0.227 e. The summed E-state index contributed by atoms with van der Waals surface area (Å²) >= 11 is 0. The standard InChI is InChI=1S/C25H27N7O/c1-2-9-32-18-21(16-28-32)19-3-5-22(6-4-19)29-25-27-8-7-24(30-25)20-14-23(17-26-15-20)31-10-12-33-13-11-31/h3-8,14-18H,2,9-13H2,1H3,(H,27,29,30). The van der Waals surface area contributed by atoms with Gasteiger partial charge in [0, 0.05) is 55.0 Å². The van der Waals surface area contributed by atoms with Crippen LogP contribution in [0.3, 0.4) is 0 Å². The Labute approximate surface area is 193 Å². The van der Waals surface area contributed by atoms with E-state index < -0.39 is 0 Å². The number of nitrogens with one attached hydrogen (secondary N) is 1. The Morgan fingerprint density at radius 2 is 1.82 bits per heavy atom. The first kappa shape index (κ1) is 21.1. The number of morpholine rings is 1. The molecule has 1 fully saturated rings. The Morgan fingerprint density at radius 1 is 0.970 bits per heavy atom. The minimum absolute atomic E-state index is 0.549. The summed E-state index contributed by atoms with van der Waals surface area (Å²) in [6.45, 7) is 6.31. The highest BCUT2D eigenvalue weighted by Crippen LogP contribution is 2.25. The van der Waals surface area contributed by atoms with E-state index in [-0.39, 0.29) is 0 Å². The lowest BCUT2D eigenvalue weighted by Crippen LogP contribution is -2.36. The molecule has 1 aliphatic heterocycles. The van der Waals surface area contributed by atoms with Crippen molar-refractivity contribution < 1.29 is 4.74 Å². The summed E-state index contributed by atoms with van der Waals surface area (Å²) in [4.78, 5) is 15.8. The monoisotopic (exact) mass is 441 g/mol. The van der Waals surface area contributed by atoms with Crippen LogP contribution in [0, 0.1) is 0 Å². The van der Waals surface area contributed by atoms with E-state index in [4.69, 9.17) is 9.72 Å². The minimum atomic E-state index is 0.549. The van der Waals surface area contributed by atoms with Crippen LogP contribution in [0.1, 0.15) is 13.3 Å². The highest BCUT2D eigenvalue weighted by Gasteiger charge is 2.13. The lowest BCUT2D eigenvalue weighted by Gasteiger charge is -2.28. The van der Waals surface area contributed by atoms with Gasteiger partial charge >= 0.3 is 0 Å². The molecule has 5 rings (SSSR count). The zero-order valence-corrected chi connectivity index (χ0v) is 18.7. The van der Waals surface area contributed by atoms with Crippen LogP contribution in [0.25, 0.3) is 22.4 Å². The van der Waals surface area contributed by atoms with Crippen molar-refractivity contribution in [3.63, 3.8) is 0 Å². The van der Waals surface area contributed by atoms with Gasteiger partial charge in [-0.25, -0.2) is 9.97 Å². The maximum Gasteiger partial charge on any atom is 0.227 e. The summed E-state index contributed by atoms with van der Waals surface area (Å²) in [7, 11) is 0. The van der Waals surface area contributed by atoms with Crippen LogP contribution in [0.2, 0.25) is 0 Å². The number of rotatable bonds is 7. The molecule has 33 heavy (non-hydrogen) atoms. The van der Waals surface area contributed by atoms with Crippen molar-refractivity contribution in [3.8, 4) is 22.4 Å². The van der Waals surface area contributed by atoms with Crippen LogP contribution in [-0.2, 0) is 11.3 Å². The Hall–Kier alpha value is -3.78. The number of benzene rings is 1. The van der Waals surface area contributed by atoms with Gasteiger partial charge in [0.15, 0.2) is 0 Å². The molecule has 168 valence electrons. The van der Waals surface area contributed by atoms with Gasteiger partial charge in [-0.2, -0.15) is 5.10 Å². The molecule has 0 amide bonds. The maximum atomic E-state index is 5.46. The van der Waals surface area contributed by atoms with Crippen molar-refractivity contribution in [1.82, 2.24) is 24.7 Å². The molecule has 1 saturated heterocycles. The van der Waals surface area contributed by atoms with E-state index in [1.165, 1.54) is 0 Å². The molecule has 0 unspecified atom stereocenters. The summed E-state index contributed by atoms with van der Waals surface area (Å²) in [5, 5.41) is 7.72. The van der Waals surface area contributed by atoms with Crippen LogP contribution >= 0.6 is 0 Å². The molecule has 4 heterocycles. The fourth-order valence-corrected chi connectivity index (χ4v) is 3.88. The number of hydrogen-bond donors (Lipinski definition) is 1. The molecule has 1 N–H and O–H groups in total. The Kier molecular flexibility index (Phi) is 6.25. The van der Waals surface area contributed by atoms with Gasteiger partial charge in [-0.15, -0.1) is 0 Å². The molecular weight excluding hydrogens is 414 g/mol. The van der Waals surface area contributed by atoms with Gasteiger partial charge in [-0.1, -0.05) is 19.1 Å². The molecular formula is C25H27N7O. The van der Waals surface area contributed by atoms with Crippen LogP contribution in [-0.4, -0.2) is 51.0 Å². The third kappa shape index (κ3) is 5.01. The average molecular weight is 442 g/mol. The molecule has 1 aliphatic rings. The van der Waals surface area contributed by atoms with Crippen molar-refractivity contribution in [1.29, 1.82) is 0 Å². The predicted molar refractivity (Wildman–Crippen MR) is 130 cm³/mol. The van der Waals surface area contributed by atoms with E-state index in [1.54, 1.807) is 6.20 Å². The minimum Gasteiger partial charge on any atom is -0.378 e. The van der Waals surface area contributed by atoms with Gasteiger partial charge in [0.05, 0.1) is 37.0 Å². The van der Waals surface area contributed by atoms with E-state index in [2.05, 4.69) is 56.6 Å². The third-order valence-corrected chi connectivity index (χ3v) is 5.61. The van der Waals surface area contributed by atoms with Crippen molar-refractivity contribution in [2.24, 2.45) is 0 Å². The molecule has 8 heteroatoms. The van der Waals surface area contributed by atoms with Crippen LogP contribution in [0.4, 0.5) is 17.3 Å². The van der Waals surface area contributed by atoms with Gasteiger partial charge in [0.25, 0.3) is 0 Å². The van der Waals surface area contributed by atoms with E-state index in [0.29, 0.717) is 5.95 Å². The molecule has 8 nitrogen and oxygen atoms in total. The molecule has 0 radical (unpaired) electrons. The lowest BCUT2D eigenvalue weighted by molar-refractivity contribution is 0.122. The molecule has 0 aliphatic carbocycles. The average Bonchev–Trinajstić information content (AvgIpc) is 3.34. The SMILES string of the molecule is CCCn1cc(-c2ccc(Nc3nccc(-c4cncc(N5CCOCC5)c4)n3)cc2)cn1.